The van der Waals surface area contributed by atoms with Gasteiger partial charge in [0.05, 0.1) is 6.04 Å². The zero-order chi connectivity index (χ0) is 15.6. The van der Waals surface area contributed by atoms with Crippen molar-refractivity contribution in [2.75, 3.05) is 0 Å². The lowest BCUT2D eigenvalue weighted by atomic mass is 9.92. The normalized spacial score (nSPS) is 12.5. The number of nitrogens with two attached hydrogens (primary N) is 1. The number of hydrogen-bond donors (Lipinski definition) is 1. The highest BCUT2D eigenvalue weighted by atomic mass is 19.3. The molecule has 4 heteroatoms. The third-order valence-corrected chi connectivity index (χ3v) is 3.68. The highest BCUT2D eigenvalue weighted by Gasteiger charge is 2.13. The molecular formula is C17H19F2NO. The van der Waals surface area contributed by atoms with Crippen molar-refractivity contribution in [3.63, 3.8) is 0 Å². The average molecular weight is 291 g/mol. The molecule has 0 amide bonds. The second-order valence-electron chi connectivity index (χ2n) is 5.22. The molecule has 0 radical (unpaired) electrons. The van der Waals surface area contributed by atoms with Gasteiger partial charge in [0.25, 0.3) is 0 Å². The number of benzene rings is 2. The second-order valence-corrected chi connectivity index (χ2v) is 5.22. The molecule has 1 unspecified atom stereocenters. The van der Waals surface area contributed by atoms with E-state index in [4.69, 9.17) is 5.73 Å². The molecule has 0 saturated carbocycles. The molecule has 2 nitrogen and oxygen atoms in total. The zero-order valence-electron chi connectivity index (χ0n) is 12.4. The molecular weight excluding hydrogens is 272 g/mol. The van der Waals surface area contributed by atoms with Crippen molar-refractivity contribution in [1.82, 2.24) is 0 Å². The third-order valence-electron chi connectivity index (χ3n) is 3.68. The van der Waals surface area contributed by atoms with E-state index in [9.17, 15) is 8.78 Å². The summed E-state index contributed by atoms with van der Waals surface area (Å²) in [5, 5.41) is 0. The summed E-state index contributed by atoms with van der Waals surface area (Å²) in [4.78, 5) is 0. The molecule has 2 N–H and O–H groups in total. The maximum absolute atomic E-state index is 12.1. The first kappa shape index (κ1) is 15.4. The molecule has 0 aliphatic heterocycles. The van der Waals surface area contributed by atoms with E-state index >= 15 is 0 Å². The quantitative estimate of drug-likeness (QED) is 0.913. The number of rotatable bonds is 4. The first-order chi connectivity index (χ1) is 9.88. The summed E-state index contributed by atoms with van der Waals surface area (Å²) in [6.45, 7) is 3.32. The molecule has 1 atom stereocenters. The van der Waals surface area contributed by atoms with Gasteiger partial charge in [-0.15, -0.1) is 0 Å². The number of alkyl halides is 2. The van der Waals surface area contributed by atoms with Crippen molar-refractivity contribution in [2.24, 2.45) is 5.73 Å². The van der Waals surface area contributed by atoms with E-state index in [1.54, 1.807) is 12.1 Å². The molecule has 2 rings (SSSR count). The lowest BCUT2D eigenvalue weighted by molar-refractivity contribution is -0.0498. The molecule has 21 heavy (non-hydrogen) atoms. The minimum atomic E-state index is -2.81. The van der Waals surface area contributed by atoms with Crippen LogP contribution in [0.2, 0.25) is 0 Å². The smallest absolute Gasteiger partial charge is 0.387 e. The van der Waals surface area contributed by atoms with Crippen LogP contribution in [0.4, 0.5) is 8.78 Å². The first-order valence-electron chi connectivity index (χ1n) is 6.76. The minimum absolute atomic E-state index is 0.137. The van der Waals surface area contributed by atoms with Crippen LogP contribution in [-0.2, 0) is 0 Å². The minimum Gasteiger partial charge on any atom is -0.435 e. The van der Waals surface area contributed by atoms with Gasteiger partial charge in [0, 0.05) is 0 Å². The predicted molar refractivity (Wildman–Crippen MR) is 79.8 cm³/mol. The fourth-order valence-corrected chi connectivity index (χ4v) is 2.35. The largest absolute Gasteiger partial charge is 0.435 e. The fraction of sp³-hybridized carbons (Fsp3) is 0.294. The van der Waals surface area contributed by atoms with Crippen molar-refractivity contribution < 1.29 is 13.5 Å². The van der Waals surface area contributed by atoms with Crippen LogP contribution < -0.4 is 10.5 Å². The topological polar surface area (TPSA) is 35.2 Å². The molecule has 112 valence electrons. The Balaban J connectivity index is 2.27. The van der Waals surface area contributed by atoms with Crippen LogP contribution in [0.5, 0.6) is 5.75 Å². The summed E-state index contributed by atoms with van der Waals surface area (Å²) in [5.74, 6) is 0.137. The summed E-state index contributed by atoms with van der Waals surface area (Å²) in [7, 11) is 0. The molecule has 2 aromatic carbocycles. The van der Waals surface area contributed by atoms with E-state index in [1.165, 1.54) is 23.3 Å². The highest BCUT2D eigenvalue weighted by molar-refractivity contribution is 5.43. The second kappa shape index (κ2) is 6.22. The summed E-state index contributed by atoms with van der Waals surface area (Å²) >= 11 is 0. The van der Waals surface area contributed by atoms with Gasteiger partial charge in [0.2, 0.25) is 0 Å². The van der Waals surface area contributed by atoms with Crippen molar-refractivity contribution in [1.29, 1.82) is 0 Å². The average Bonchev–Trinajstić information content (AvgIpc) is 2.42. The van der Waals surface area contributed by atoms with Crippen LogP contribution in [0.25, 0.3) is 0 Å². The molecule has 2 aromatic rings. The van der Waals surface area contributed by atoms with Crippen LogP contribution in [0.15, 0.2) is 36.4 Å². The molecule has 0 aliphatic carbocycles. The van der Waals surface area contributed by atoms with Gasteiger partial charge in [-0.2, -0.15) is 8.78 Å². The van der Waals surface area contributed by atoms with Crippen LogP contribution in [0, 0.1) is 20.8 Å². The van der Waals surface area contributed by atoms with Gasteiger partial charge in [0.15, 0.2) is 0 Å². The van der Waals surface area contributed by atoms with Crippen LogP contribution in [0.3, 0.4) is 0 Å². The van der Waals surface area contributed by atoms with Gasteiger partial charge in [-0.25, -0.2) is 0 Å². The van der Waals surface area contributed by atoms with Gasteiger partial charge in [-0.05, 0) is 60.7 Å². The van der Waals surface area contributed by atoms with Crippen molar-refractivity contribution in [3.05, 3.63) is 64.2 Å². The number of ether oxygens (including phenoxy) is 1. The lowest BCUT2D eigenvalue weighted by Gasteiger charge is -2.17. The molecule has 0 heterocycles. The summed E-state index contributed by atoms with van der Waals surface area (Å²) in [6, 6.07) is 10.4. The van der Waals surface area contributed by atoms with E-state index in [1.807, 2.05) is 13.8 Å². The molecule has 0 spiro atoms. The Morgan fingerprint density at radius 1 is 0.905 bits per heavy atom. The van der Waals surface area contributed by atoms with Gasteiger partial charge in [-0.3, -0.25) is 0 Å². The first-order valence-corrected chi connectivity index (χ1v) is 6.76. The predicted octanol–water partition coefficient (Wildman–Crippen LogP) is 4.26. The summed E-state index contributed by atoms with van der Waals surface area (Å²) in [6.07, 6.45) is 0. The molecule has 0 aliphatic rings. The van der Waals surface area contributed by atoms with E-state index < -0.39 is 6.61 Å². The molecule has 0 aromatic heterocycles. The third kappa shape index (κ3) is 3.58. The zero-order valence-corrected chi connectivity index (χ0v) is 12.4. The maximum Gasteiger partial charge on any atom is 0.387 e. The number of aryl methyl sites for hydroxylation is 3. The molecule has 0 bridgehead atoms. The Morgan fingerprint density at radius 3 is 2.05 bits per heavy atom. The Bertz CT molecular complexity index is 623. The van der Waals surface area contributed by atoms with Crippen molar-refractivity contribution in [3.8, 4) is 5.75 Å². The van der Waals surface area contributed by atoms with E-state index in [0.29, 0.717) is 0 Å². The summed E-state index contributed by atoms with van der Waals surface area (Å²) in [5.41, 5.74) is 11.7. The van der Waals surface area contributed by atoms with Crippen LogP contribution in [0.1, 0.15) is 33.9 Å². The lowest BCUT2D eigenvalue weighted by Crippen LogP contribution is -2.14. The Morgan fingerprint density at radius 2 is 1.48 bits per heavy atom. The van der Waals surface area contributed by atoms with Crippen LogP contribution >= 0.6 is 0 Å². The van der Waals surface area contributed by atoms with Gasteiger partial charge >= 0.3 is 6.61 Å². The number of halogens is 2. The van der Waals surface area contributed by atoms with Gasteiger partial charge < -0.3 is 10.5 Å². The molecule has 0 saturated heterocycles. The maximum atomic E-state index is 12.1. The van der Waals surface area contributed by atoms with Crippen LogP contribution in [-0.4, -0.2) is 6.61 Å². The Labute approximate surface area is 123 Å². The monoisotopic (exact) mass is 291 g/mol. The number of hydrogen-bond acceptors (Lipinski definition) is 2. The van der Waals surface area contributed by atoms with Crippen molar-refractivity contribution in [2.45, 2.75) is 33.4 Å². The van der Waals surface area contributed by atoms with Crippen molar-refractivity contribution >= 4 is 0 Å². The highest BCUT2D eigenvalue weighted by Crippen LogP contribution is 2.27. The molecule has 0 fully saturated rings. The van der Waals surface area contributed by atoms with E-state index in [-0.39, 0.29) is 11.8 Å². The SMILES string of the molecule is Cc1cc(C)c(C(N)c2ccc(OC(F)F)cc2)cc1C. The Kier molecular flexibility index (Phi) is 4.58. The van der Waals surface area contributed by atoms with E-state index in [0.717, 1.165) is 16.7 Å². The van der Waals surface area contributed by atoms with Gasteiger partial charge in [-0.1, -0.05) is 24.3 Å². The van der Waals surface area contributed by atoms with E-state index in [2.05, 4.69) is 23.8 Å². The fourth-order valence-electron chi connectivity index (χ4n) is 2.35. The van der Waals surface area contributed by atoms with Gasteiger partial charge in [0.1, 0.15) is 5.75 Å². The summed E-state index contributed by atoms with van der Waals surface area (Å²) < 4.78 is 28.6. The standard InChI is InChI=1S/C17H19F2NO/c1-10-8-12(3)15(9-11(10)2)16(20)13-4-6-14(7-5-13)21-17(18)19/h4-9,16-17H,20H2,1-3H3. The Hall–Kier alpha value is -1.94.